The molecule has 1 fully saturated rings. The fourth-order valence-electron chi connectivity index (χ4n) is 2.77. The lowest BCUT2D eigenvalue weighted by molar-refractivity contribution is 0.408. The number of guanidine groups is 1. The van der Waals surface area contributed by atoms with E-state index in [9.17, 15) is 0 Å². The third kappa shape index (κ3) is 5.34. The maximum absolute atomic E-state index is 4.46. The predicted molar refractivity (Wildman–Crippen MR) is 104 cm³/mol. The minimum atomic E-state index is 0.737. The van der Waals surface area contributed by atoms with Gasteiger partial charge in [-0.1, -0.05) is 19.1 Å². The Morgan fingerprint density at radius 2 is 2.09 bits per heavy atom. The van der Waals surface area contributed by atoms with Gasteiger partial charge in [-0.25, -0.2) is 0 Å². The molecule has 1 aromatic carbocycles. The second-order valence-corrected chi connectivity index (χ2v) is 7.54. The van der Waals surface area contributed by atoms with Gasteiger partial charge in [0.1, 0.15) is 0 Å². The highest BCUT2D eigenvalue weighted by molar-refractivity contribution is 8.00. The van der Waals surface area contributed by atoms with E-state index in [0.29, 0.717) is 0 Å². The summed E-state index contributed by atoms with van der Waals surface area (Å²) in [6.07, 6.45) is 2.25. The van der Waals surface area contributed by atoms with Crippen LogP contribution in [0, 0.1) is 0 Å². The van der Waals surface area contributed by atoms with Gasteiger partial charge in [-0.2, -0.15) is 11.8 Å². The van der Waals surface area contributed by atoms with Gasteiger partial charge in [0.05, 0.1) is 0 Å². The summed E-state index contributed by atoms with van der Waals surface area (Å²) in [4.78, 5) is 8.99. The van der Waals surface area contributed by atoms with Crippen LogP contribution in [0.1, 0.15) is 18.9 Å². The van der Waals surface area contributed by atoms with Gasteiger partial charge in [-0.15, -0.1) is 0 Å². The van der Waals surface area contributed by atoms with Crippen molar-refractivity contribution in [2.45, 2.75) is 25.0 Å². The topological polar surface area (TPSA) is 30.9 Å². The van der Waals surface area contributed by atoms with Crippen LogP contribution in [0.4, 0.5) is 5.69 Å². The Balaban J connectivity index is 1.81. The van der Waals surface area contributed by atoms with Gasteiger partial charge in [-0.3, -0.25) is 4.99 Å². The van der Waals surface area contributed by atoms with Crippen LogP contribution in [0.5, 0.6) is 0 Å². The molecule has 128 valence electrons. The number of benzene rings is 1. The summed E-state index contributed by atoms with van der Waals surface area (Å²) in [5, 5.41) is 4.26. The molecule has 1 unspecified atom stereocenters. The van der Waals surface area contributed by atoms with Crippen molar-refractivity contribution in [3.63, 3.8) is 0 Å². The summed E-state index contributed by atoms with van der Waals surface area (Å²) >= 11 is 2.09. The van der Waals surface area contributed by atoms with Crippen molar-refractivity contribution >= 4 is 23.4 Å². The molecule has 23 heavy (non-hydrogen) atoms. The van der Waals surface area contributed by atoms with Crippen LogP contribution in [0.25, 0.3) is 0 Å². The molecule has 0 amide bonds. The van der Waals surface area contributed by atoms with Gasteiger partial charge in [-0.05, 0) is 30.5 Å². The third-order valence-corrected chi connectivity index (χ3v) is 5.63. The van der Waals surface area contributed by atoms with E-state index in [1.807, 2.05) is 7.05 Å². The van der Waals surface area contributed by atoms with E-state index in [2.05, 4.69) is 77.2 Å². The average molecular weight is 335 g/mol. The summed E-state index contributed by atoms with van der Waals surface area (Å²) in [5.41, 5.74) is 2.60. The zero-order valence-electron chi connectivity index (χ0n) is 14.9. The molecule has 1 saturated heterocycles. The largest absolute Gasteiger partial charge is 0.378 e. The van der Waals surface area contributed by atoms with Gasteiger partial charge < -0.3 is 15.1 Å². The molecule has 5 heteroatoms. The molecule has 1 N–H and O–H groups in total. The summed E-state index contributed by atoms with van der Waals surface area (Å²) in [5.74, 6) is 2.25. The van der Waals surface area contributed by atoms with Gasteiger partial charge in [0.15, 0.2) is 5.96 Å². The maximum atomic E-state index is 4.46. The highest BCUT2D eigenvalue weighted by Gasteiger charge is 2.21. The van der Waals surface area contributed by atoms with Crippen LogP contribution < -0.4 is 10.2 Å². The molecular formula is C18H30N4S. The number of thioether (sulfide) groups is 1. The highest BCUT2D eigenvalue weighted by atomic mass is 32.2. The average Bonchev–Trinajstić information content (AvgIpc) is 2.59. The van der Waals surface area contributed by atoms with Crippen LogP contribution in [0.15, 0.2) is 29.3 Å². The van der Waals surface area contributed by atoms with E-state index in [-0.39, 0.29) is 0 Å². The number of rotatable bonds is 5. The van der Waals surface area contributed by atoms with Crippen molar-refractivity contribution in [3.8, 4) is 0 Å². The molecule has 1 aliphatic heterocycles. The Hall–Kier alpha value is -1.36. The molecule has 1 heterocycles. The Morgan fingerprint density at radius 3 is 2.70 bits per heavy atom. The number of nitrogens with zero attached hydrogens (tertiary/aromatic N) is 3. The Morgan fingerprint density at radius 1 is 1.35 bits per heavy atom. The molecule has 0 radical (unpaired) electrons. The first-order chi connectivity index (χ1) is 11.1. The Bertz CT molecular complexity index is 498. The SMILES string of the molecule is CCC1CN(C(=NC)NCCc2ccc(N(C)C)cc2)CCS1. The summed E-state index contributed by atoms with van der Waals surface area (Å²) in [6, 6.07) is 8.78. The molecular weight excluding hydrogens is 304 g/mol. The van der Waals surface area contributed by atoms with E-state index >= 15 is 0 Å². The van der Waals surface area contributed by atoms with Crippen molar-refractivity contribution in [3.05, 3.63) is 29.8 Å². The molecule has 4 nitrogen and oxygen atoms in total. The van der Waals surface area contributed by atoms with E-state index in [1.165, 1.54) is 23.4 Å². The normalized spacial score (nSPS) is 18.9. The van der Waals surface area contributed by atoms with Crippen molar-refractivity contribution in [2.75, 3.05) is 51.4 Å². The molecule has 0 spiro atoms. The van der Waals surface area contributed by atoms with Crippen molar-refractivity contribution in [2.24, 2.45) is 4.99 Å². The molecule has 2 rings (SSSR count). The van der Waals surface area contributed by atoms with E-state index in [4.69, 9.17) is 0 Å². The van der Waals surface area contributed by atoms with E-state index < -0.39 is 0 Å². The number of anilines is 1. The first-order valence-electron chi connectivity index (χ1n) is 8.47. The zero-order chi connectivity index (χ0) is 16.7. The lowest BCUT2D eigenvalue weighted by atomic mass is 10.1. The zero-order valence-corrected chi connectivity index (χ0v) is 15.7. The quantitative estimate of drug-likeness (QED) is 0.662. The van der Waals surface area contributed by atoms with Gasteiger partial charge in [0, 0.05) is 57.5 Å². The molecule has 0 aromatic heterocycles. The maximum Gasteiger partial charge on any atom is 0.193 e. The summed E-state index contributed by atoms with van der Waals surface area (Å²) in [6.45, 7) is 5.40. The number of nitrogens with one attached hydrogen (secondary N) is 1. The summed E-state index contributed by atoms with van der Waals surface area (Å²) < 4.78 is 0. The number of aliphatic imine (C=N–C) groups is 1. The molecule has 0 aliphatic carbocycles. The first kappa shape index (κ1) is 18.0. The molecule has 0 bridgehead atoms. The van der Waals surface area contributed by atoms with Crippen molar-refractivity contribution in [1.82, 2.24) is 10.2 Å². The molecule has 1 aliphatic rings. The lowest BCUT2D eigenvalue weighted by Gasteiger charge is -2.34. The van der Waals surface area contributed by atoms with E-state index in [1.54, 1.807) is 0 Å². The lowest BCUT2D eigenvalue weighted by Crippen LogP contribution is -2.48. The smallest absolute Gasteiger partial charge is 0.193 e. The van der Waals surface area contributed by atoms with Gasteiger partial charge in [0.2, 0.25) is 0 Å². The predicted octanol–water partition coefficient (Wildman–Crippen LogP) is 2.70. The second-order valence-electron chi connectivity index (χ2n) is 6.13. The first-order valence-corrected chi connectivity index (χ1v) is 9.52. The van der Waals surface area contributed by atoms with Crippen LogP contribution in [-0.4, -0.2) is 62.6 Å². The van der Waals surface area contributed by atoms with Crippen LogP contribution in [-0.2, 0) is 6.42 Å². The Kier molecular flexibility index (Phi) is 7.09. The van der Waals surface area contributed by atoms with Crippen molar-refractivity contribution < 1.29 is 0 Å². The van der Waals surface area contributed by atoms with E-state index in [0.717, 1.165) is 37.3 Å². The van der Waals surface area contributed by atoms with Crippen molar-refractivity contribution in [1.29, 1.82) is 0 Å². The monoisotopic (exact) mass is 334 g/mol. The number of hydrogen-bond donors (Lipinski definition) is 1. The molecule has 1 atom stereocenters. The fraction of sp³-hybridized carbons (Fsp3) is 0.611. The highest BCUT2D eigenvalue weighted by Crippen LogP contribution is 2.21. The van der Waals surface area contributed by atoms with Crippen LogP contribution in [0.3, 0.4) is 0 Å². The van der Waals surface area contributed by atoms with Crippen LogP contribution >= 0.6 is 11.8 Å². The molecule has 0 saturated carbocycles. The van der Waals surface area contributed by atoms with Gasteiger partial charge >= 0.3 is 0 Å². The fourth-order valence-corrected chi connectivity index (χ4v) is 3.95. The minimum absolute atomic E-state index is 0.737. The van der Waals surface area contributed by atoms with Crippen LogP contribution in [0.2, 0.25) is 0 Å². The third-order valence-electron chi connectivity index (χ3n) is 4.25. The Labute approximate surface area is 145 Å². The minimum Gasteiger partial charge on any atom is -0.378 e. The summed E-state index contributed by atoms with van der Waals surface area (Å²) in [7, 11) is 6.03. The van der Waals surface area contributed by atoms with Gasteiger partial charge in [0.25, 0.3) is 0 Å². The standard InChI is InChI=1S/C18H30N4S/c1-5-17-14-22(12-13-23-17)18(19-2)20-11-10-15-6-8-16(9-7-15)21(3)4/h6-9,17H,5,10-14H2,1-4H3,(H,19,20). The second kappa shape index (κ2) is 9.06. The molecule has 1 aromatic rings. The number of hydrogen-bond acceptors (Lipinski definition) is 3.